The van der Waals surface area contributed by atoms with E-state index in [-0.39, 0.29) is 29.7 Å². The summed E-state index contributed by atoms with van der Waals surface area (Å²) in [6.07, 6.45) is 6.98. The van der Waals surface area contributed by atoms with Crippen molar-refractivity contribution in [2.24, 2.45) is 11.8 Å². The third kappa shape index (κ3) is 2.81. The Kier molecular flexibility index (Phi) is 4.11. The molecule has 3 aliphatic rings. The maximum atomic E-state index is 12.0. The van der Waals surface area contributed by atoms with Crippen molar-refractivity contribution in [3.05, 3.63) is 53.1 Å². The van der Waals surface area contributed by atoms with Crippen LogP contribution in [0.25, 0.3) is 6.08 Å². The standard InChI is InChI=1S/C20H21NO5/c1-11-25-17-6-5-12-3-4-13-7-14(22)8-18(24-2)19(13)16(23)10-21-9-15(12)20(17)26-11/h3-6,8,10-11,13,19,21,23H,7,9H2,1-2H3/t11-,13+,19+/m0/s1. The van der Waals surface area contributed by atoms with Crippen molar-refractivity contribution in [2.45, 2.75) is 26.2 Å². The van der Waals surface area contributed by atoms with Gasteiger partial charge in [-0.05, 0) is 11.6 Å². The van der Waals surface area contributed by atoms with Gasteiger partial charge in [0.05, 0.1) is 13.0 Å². The number of rotatable bonds is 1. The van der Waals surface area contributed by atoms with Crippen molar-refractivity contribution in [1.29, 1.82) is 0 Å². The summed E-state index contributed by atoms with van der Waals surface area (Å²) in [4.78, 5) is 12.0. The second-order valence-electron chi connectivity index (χ2n) is 6.64. The molecule has 6 nitrogen and oxygen atoms in total. The molecule has 6 heteroatoms. The number of aliphatic hydroxyl groups is 1. The molecule has 4 rings (SSSR count). The van der Waals surface area contributed by atoms with Gasteiger partial charge in [0.1, 0.15) is 11.5 Å². The van der Waals surface area contributed by atoms with E-state index in [4.69, 9.17) is 14.2 Å². The lowest BCUT2D eigenvalue weighted by Crippen LogP contribution is -2.27. The molecule has 0 fully saturated rings. The zero-order valence-corrected chi connectivity index (χ0v) is 14.7. The number of hydrogen-bond donors (Lipinski definition) is 2. The smallest absolute Gasteiger partial charge is 0.238 e. The Morgan fingerprint density at radius 1 is 1.31 bits per heavy atom. The van der Waals surface area contributed by atoms with Gasteiger partial charge in [-0.1, -0.05) is 18.2 Å². The number of methoxy groups -OCH3 is 1. The average molecular weight is 355 g/mol. The molecule has 0 radical (unpaired) electrons. The minimum absolute atomic E-state index is 0.00898. The van der Waals surface area contributed by atoms with Crippen LogP contribution < -0.4 is 14.8 Å². The summed E-state index contributed by atoms with van der Waals surface area (Å²) in [6, 6.07) is 3.87. The maximum absolute atomic E-state index is 12.0. The number of ether oxygens (including phenoxy) is 3. The predicted octanol–water partition coefficient (Wildman–Crippen LogP) is 3.06. The largest absolute Gasteiger partial charge is 0.510 e. The Balaban J connectivity index is 1.77. The van der Waals surface area contributed by atoms with Gasteiger partial charge >= 0.3 is 0 Å². The van der Waals surface area contributed by atoms with Crippen LogP contribution >= 0.6 is 0 Å². The molecule has 1 aromatic rings. The minimum Gasteiger partial charge on any atom is -0.510 e. The van der Waals surface area contributed by atoms with E-state index in [2.05, 4.69) is 5.32 Å². The number of allylic oxidation sites excluding steroid dienone is 2. The molecular weight excluding hydrogens is 334 g/mol. The summed E-state index contributed by atoms with van der Waals surface area (Å²) in [5, 5.41) is 13.7. The molecule has 2 N–H and O–H groups in total. The molecule has 26 heavy (non-hydrogen) atoms. The van der Waals surface area contributed by atoms with Crippen molar-refractivity contribution in [3.63, 3.8) is 0 Å². The molecule has 0 spiro atoms. The van der Waals surface area contributed by atoms with Crippen LogP contribution in [0.2, 0.25) is 0 Å². The zero-order valence-electron chi connectivity index (χ0n) is 14.7. The van der Waals surface area contributed by atoms with Gasteiger partial charge in [-0.15, -0.1) is 0 Å². The highest BCUT2D eigenvalue weighted by Gasteiger charge is 2.34. The molecule has 2 aliphatic heterocycles. The third-order valence-corrected chi connectivity index (χ3v) is 4.92. The molecule has 136 valence electrons. The van der Waals surface area contributed by atoms with Crippen LogP contribution in [-0.4, -0.2) is 24.3 Å². The highest BCUT2D eigenvalue weighted by Crippen LogP contribution is 2.41. The molecule has 0 saturated carbocycles. The number of hydrogen-bond acceptors (Lipinski definition) is 6. The summed E-state index contributed by atoms with van der Waals surface area (Å²) < 4.78 is 16.8. The van der Waals surface area contributed by atoms with Crippen molar-refractivity contribution < 1.29 is 24.1 Å². The van der Waals surface area contributed by atoms with E-state index < -0.39 is 0 Å². The van der Waals surface area contributed by atoms with Crippen molar-refractivity contribution in [1.82, 2.24) is 5.32 Å². The van der Waals surface area contributed by atoms with E-state index >= 15 is 0 Å². The van der Waals surface area contributed by atoms with E-state index in [0.717, 1.165) is 16.9 Å². The van der Waals surface area contributed by atoms with Gasteiger partial charge in [0.2, 0.25) is 6.29 Å². The van der Waals surface area contributed by atoms with Crippen LogP contribution in [0.3, 0.4) is 0 Å². The topological polar surface area (TPSA) is 77.0 Å². The molecule has 1 aliphatic carbocycles. The highest BCUT2D eigenvalue weighted by atomic mass is 16.7. The molecule has 0 bridgehead atoms. The predicted molar refractivity (Wildman–Crippen MR) is 95.4 cm³/mol. The fourth-order valence-electron chi connectivity index (χ4n) is 3.72. The van der Waals surface area contributed by atoms with Gasteiger partial charge in [0.15, 0.2) is 17.3 Å². The van der Waals surface area contributed by atoms with Crippen LogP contribution in [0.1, 0.15) is 24.5 Å². The molecule has 0 aromatic heterocycles. The van der Waals surface area contributed by atoms with Crippen molar-refractivity contribution in [3.8, 4) is 11.5 Å². The van der Waals surface area contributed by atoms with Crippen LogP contribution in [0.4, 0.5) is 0 Å². The van der Waals surface area contributed by atoms with Crippen LogP contribution in [0.15, 0.2) is 42.0 Å². The molecule has 2 heterocycles. The van der Waals surface area contributed by atoms with Gasteiger partial charge in [-0.3, -0.25) is 4.79 Å². The molecule has 0 unspecified atom stereocenters. The average Bonchev–Trinajstić information content (AvgIpc) is 3.00. The molecule has 1 aromatic carbocycles. The van der Waals surface area contributed by atoms with Gasteiger partial charge in [0.25, 0.3) is 0 Å². The van der Waals surface area contributed by atoms with E-state index in [0.29, 0.717) is 24.5 Å². The number of nitrogens with one attached hydrogen (secondary N) is 1. The van der Waals surface area contributed by atoms with Crippen molar-refractivity contribution in [2.75, 3.05) is 7.11 Å². The number of carbonyl (C=O) groups is 1. The van der Waals surface area contributed by atoms with Crippen LogP contribution in [-0.2, 0) is 16.1 Å². The first-order valence-electron chi connectivity index (χ1n) is 8.65. The number of benzene rings is 1. The normalized spacial score (nSPS) is 26.8. The first-order chi connectivity index (χ1) is 12.6. The zero-order chi connectivity index (χ0) is 18.3. The van der Waals surface area contributed by atoms with Crippen molar-refractivity contribution >= 4 is 11.9 Å². The molecular formula is C20H21NO5. The first kappa shape index (κ1) is 16.6. The van der Waals surface area contributed by atoms with E-state index in [1.165, 1.54) is 13.2 Å². The van der Waals surface area contributed by atoms with E-state index in [9.17, 15) is 9.90 Å². The summed E-state index contributed by atoms with van der Waals surface area (Å²) in [5.74, 6) is 1.48. The number of aliphatic hydroxyl groups excluding tert-OH is 1. The number of fused-ring (bicyclic) bond motifs is 4. The fraction of sp³-hybridized carbons (Fsp3) is 0.350. The van der Waals surface area contributed by atoms with Gasteiger partial charge in [0, 0.05) is 43.6 Å². The fourth-order valence-corrected chi connectivity index (χ4v) is 3.72. The Labute approximate surface area is 151 Å². The second-order valence-corrected chi connectivity index (χ2v) is 6.64. The molecule has 0 saturated heterocycles. The Hall–Kier alpha value is -2.89. The minimum atomic E-state index is -0.378. The van der Waals surface area contributed by atoms with Gasteiger partial charge in [-0.25, -0.2) is 0 Å². The quantitative estimate of drug-likeness (QED) is 0.806. The van der Waals surface area contributed by atoms with E-state index in [1.807, 2.05) is 31.2 Å². The van der Waals surface area contributed by atoms with E-state index in [1.54, 1.807) is 6.20 Å². The summed E-state index contributed by atoms with van der Waals surface area (Å²) >= 11 is 0. The summed E-state index contributed by atoms with van der Waals surface area (Å²) in [5.41, 5.74) is 1.94. The lowest BCUT2D eigenvalue weighted by atomic mass is 9.80. The lowest BCUT2D eigenvalue weighted by molar-refractivity contribution is -0.116. The Bertz CT molecular complexity index is 839. The SMILES string of the molecule is COC1=CC(=O)C[C@H]2C=Cc3ccc4c(c3CNC=C(O)[C@H]12)O[C@@H](C)O4. The number of carbonyl (C=O) groups excluding carboxylic acids is 1. The third-order valence-electron chi connectivity index (χ3n) is 4.92. The Morgan fingerprint density at radius 3 is 2.96 bits per heavy atom. The maximum Gasteiger partial charge on any atom is 0.238 e. The molecule has 3 atom stereocenters. The lowest BCUT2D eigenvalue weighted by Gasteiger charge is -2.29. The number of ketones is 1. The highest BCUT2D eigenvalue weighted by molar-refractivity contribution is 5.91. The molecule has 0 amide bonds. The summed E-state index contributed by atoms with van der Waals surface area (Å²) in [7, 11) is 1.52. The van der Waals surface area contributed by atoms with Crippen LogP contribution in [0, 0.1) is 11.8 Å². The van der Waals surface area contributed by atoms with Crippen LogP contribution in [0.5, 0.6) is 11.5 Å². The second kappa shape index (κ2) is 6.44. The first-order valence-corrected chi connectivity index (χ1v) is 8.65. The summed E-state index contributed by atoms with van der Waals surface area (Å²) in [6.45, 7) is 2.32. The van der Waals surface area contributed by atoms with Gasteiger partial charge < -0.3 is 24.6 Å². The Morgan fingerprint density at radius 2 is 2.15 bits per heavy atom. The van der Waals surface area contributed by atoms with Gasteiger partial charge in [-0.2, -0.15) is 0 Å². The monoisotopic (exact) mass is 355 g/mol.